The maximum absolute atomic E-state index is 11.8. The molecule has 110 valence electrons. The maximum Gasteiger partial charge on any atom is 0.253 e. The number of carbonyl (C=O) groups is 1. The second-order valence-electron chi connectivity index (χ2n) is 5.97. The van der Waals surface area contributed by atoms with E-state index in [4.69, 9.17) is 4.74 Å². The summed E-state index contributed by atoms with van der Waals surface area (Å²) in [5.74, 6) is -0.133. The number of methoxy groups -OCH3 is 1. The number of ether oxygens (including phenoxy) is 1. The van der Waals surface area contributed by atoms with Gasteiger partial charge in [-0.1, -0.05) is 13.0 Å². The van der Waals surface area contributed by atoms with Crippen LogP contribution in [0.3, 0.4) is 0 Å². The Labute approximate surface area is 120 Å². The average Bonchev–Trinajstić information content (AvgIpc) is 3.17. The van der Waals surface area contributed by atoms with Crippen LogP contribution in [-0.2, 0) is 9.53 Å². The second kappa shape index (κ2) is 5.83. The zero-order chi connectivity index (χ0) is 14.8. The highest BCUT2D eigenvalue weighted by Crippen LogP contribution is 2.48. The Balaban J connectivity index is 1.99. The molecule has 0 aliphatic heterocycles. The zero-order valence-corrected chi connectivity index (χ0v) is 12.7. The molecule has 2 N–H and O–H groups in total. The molecule has 2 rings (SSSR count). The Hall–Kier alpha value is -1.55. The van der Waals surface area contributed by atoms with Gasteiger partial charge in [-0.25, -0.2) is 0 Å². The highest BCUT2D eigenvalue weighted by Gasteiger charge is 2.42. The summed E-state index contributed by atoms with van der Waals surface area (Å²) in [6.45, 7) is 6.25. The normalized spacial score (nSPS) is 19.0. The van der Waals surface area contributed by atoms with E-state index in [0.29, 0.717) is 11.5 Å². The van der Waals surface area contributed by atoms with Crippen molar-refractivity contribution >= 4 is 17.3 Å². The standard InChI is InChI=1S/C16H24N2O2/c1-11(20-4)15(19)18-14-7-5-6-13(10-14)17-12(2)16(3)8-9-16/h5-7,10-12,17H,8-9H2,1-4H3,(H,18,19)/t11-,12-/m1/s1. The summed E-state index contributed by atoms with van der Waals surface area (Å²) < 4.78 is 5.00. The van der Waals surface area contributed by atoms with Gasteiger partial charge in [-0.05, 0) is 50.3 Å². The van der Waals surface area contributed by atoms with E-state index in [1.54, 1.807) is 6.92 Å². The van der Waals surface area contributed by atoms with Gasteiger partial charge in [-0.2, -0.15) is 0 Å². The van der Waals surface area contributed by atoms with Gasteiger partial charge in [0.25, 0.3) is 5.91 Å². The lowest BCUT2D eigenvalue weighted by Crippen LogP contribution is -2.27. The van der Waals surface area contributed by atoms with Crippen LogP contribution in [0.25, 0.3) is 0 Å². The smallest absolute Gasteiger partial charge is 0.253 e. The fourth-order valence-electron chi connectivity index (χ4n) is 2.09. The van der Waals surface area contributed by atoms with Crippen LogP contribution in [0.4, 0.5) is 11.4 Å². The summed E-state index contributed by atoms with van der Waals surface area (Å²) in [6, 6.07) is 8.25. The molecule has 0 saturated heterocycles. The third-order valence-corrected chi connectivity index (χ3v) is 4.32. The van der Waals surface area contributed by atoms with Crippen LogP contribution in [0.5, 0.6) is 0 Å². The quantitative estimate of drug-likeness (QED) is 0.838. The number of hydrogen-bond donors (Lipinski definition) is 2. The second-order valence-corrected chi connectivity index (χ2v) is 5.97. The van der Waals surface area contributed by atoms with Crippen molar-refractivity contribution in [2.45, 2.75) is 45.8 Å². The van der Waals surface area contributed by atoms with Crippen molar-refractivity contribution in [1.29, 1.82) is 0 Å². The first-order valence-corrected chi connectivity index (χ1v) is 7.15. The molecule has 4 heteroatoms. The summed E-state index contributed by atoms with van der Waals surface area (Å²) >= 11 is 0. The first kappa shape index (κ1) is 14.9. The molecule has 1 aromatic rings. The summed E-state index contributed by atoms with van der Waals surface area (Å²) in [7, 11) is 1.53. The number of rotatable bonds is 6. The van der Waals surface area contributed by atoms with Crippen LogP contribution in [-0.4, -0.2) is 25.2 Å². The van der Waals surface area contributed by atoms with Gasteiger partial charge in [0.2, 0.25) is 0 Å². The minimum Gasteiger partial charge on any atom is -0.382 e. The van der Waals surface area contributed by atoms with Crippen molar-refractivity contribution < 1.29 is 9.53 Å². The van der Waals surface area contributed by atoms with E-state index >= 15 is 0 Å². The molecule has 0 heterocycles. The minimum absolute atomic E-state index is 0.133. The summed E-state index contributed by atoms with van der Waals surface area (Å²) in [6.07, 6.45) is 2.11. The number of carbonyl (C=O) groups excluding carboxylic acids is 1. The molecule has 1 amide bonds. The number of anilines is 2. The molecule has 4 nitrogen and oxygen atoms in total. The van der Waals surface area contributed by atoms with Gasteiger partial charge >= 0.3 is 0 Å². The highest BCUT2D eigenvalue weighted by atomic mass is 16.5. The van der Waals surface area contributed by atoms with Crippen LogP contribution in [0.1, 0.15) is 33.6 Å². The third kappa shape index (κ3) is 3.51. The van der Waals surface area contributed by atoms with Crippen LogP contribution in [0.15, 0.2) is 24.3 Å². The predicted molar refractivity (Wildman–Crippen MR) is 82.0 cm³/mol. The molecule has 0 radical (unpaired) electrons. The molecule has 1 saturated carbocycles. The number of nitrogens with one attached hydrogen (secondary N) is 2. The van der Waals surface area contributed by atoms with Gasteiger partial charge in [0.1, 0.15) is 6.10 Å². The van der Waals surface area contributed by atoms with Gasteiger partial charge in [0.15, 0.2) is 0 Å². The number of benzene rings is 1. The SMILES string of the molecule is CO[C@H](C)C(=O)Nc1cccc(N[C@H](C)C2(C)CC2)c1. The lowest BCUT2D eigenvalue weighted by atomic mass is 10.0. The zero-order valence-electron chi connectivity index (χ0n) is 12.7. The van der Waals surface area contributed by atoms with E-state index in [0.717, 1.165) is 11.4 Å². The number of amides is 1. The minimum atomic E-state index is -0.448. The summed E-state index contributed by atoms with van der Waals surface area (Å²) in [5.41, 5.74) is 2.25. The van der Waals surface area contributed by atoms with Crippen molar-refractivity contribution in [3.8, 4) is 0 Å². The fourth-order valence-corrected chi connectivity index (χ4v) is 2.09. The molecule has 2 atom stereocenters. The van der Waals surface area contributed by atoms with E-state index < -0.39 is 6.10 Å². The highest BCUT2D eigenvalue weighted by molar-refractivity contribution is 5.94. The Bertz CT molecular complexity index is 483. The predicted octanol–water partition coefficient (Wildman–Crippen LogP) is 3.26. The molecule has 1 aliphatic rings. The Morgan fingerprint density at radius 3 is 2.55 bits per heavy atom. The molecule has 0 spiro atoms. The van der Waals surface area contributed by atoms with Crippen LogP contribution < -0.4 is 10.6 Å². The summed E-state index contributed by atoms with van der Waals surface area (Å²) in [5, 5.41) is 6.38. The Morgan fingerprint density at radius 1 is 1.30 bits per heavy atom. The van der Waals surface area contributed by atoms with Crippen molar-refractivity contribution in [3.63, 3.8) is 0 Å². The summed E-state index contributed by atoms with van der Waals surface area (Å²) in [4.78, 5) is 11.8. The fraction of sp³-hybridized carbons (Fsp3) is 0.562. The molecular formula is C16H24N2O2. The number of hydrogen-bond acceptors (Lipinski definition) is 3. The molecule has 1 fully saturated rings. The van der Waals surface area contributed by atoms with Gasteiger partial charge in [-0.15, -0.1) is 0 Å². The van der Waals surface area contributed by atoms with Crippen LogP contribution in [0.2, 0.25) is 0 Å². The van der Waals surface area contributed by atoms with E-state index in [1.807, 2.05) is 24.3 Å². The topological polar surface area (TPSA) is 50.4 Å². The van der Waals surface area contributed by atoms with Crippen LogP contribution in [0, 0.1) is 5.41 Å². The monoisotopic (exact) mass is 276 g/mol. The van der Waals surface area contributed by atoms with E-state index in [9.17, 15) is 4.79 Å². The first-order chi connectivity index (χ1) is 9.44. The van der Waals surface area contributed by atoms with E-state index in [1.165, 1.54) is 20.0 Å². The van der Waals surface area contributed by atoms with Crippen molar-refractivity contribution in [1.82, 2.24) is 0 Å². The van der Waals surface area contributed by atoms with Gasteiger partial charge in [0.05, 0.1) is 0 Å². The maximum atomic E-state index is 11.8. The first-order valence-electron chi connectivity index (χ1n) is 7.15. The van der Waals surface area contributed by atoms with Crippen molar-refractivity contribution in [3.05, 3.63) is 24.3 Å². The lowest BCUT2D eigenvalue weighted by Gasteiger charge is -2.22. The van der Waals surface area contributed by atoms with E-state index in [-0.39, 0.29) is 5.91 Å². The molecule has 1 aliphatic carbocycles. The average molecular weight is 276 g/mol. The van der Waals surface area contributed by atoms with Gasteiger partial charge < -0.3 is 15.4 Å². The molecule has 0 unspecified atom stereocenters. The molecule has 20 heavy (non-hydrogen) atoms. The van der Waals surface area contributed by atoms with Gasteiger partial charge in [-0.3, -0.25) is 4.79 Å². The molecule has 1 aromatic carbocycles. The Kier molecular flexibility index (Phi) is 4.33. The third-order valence-electron chi connectivity index (χ3n) is 4.32. The van der Waals surface area contributed by atoms with E-state index in [2.05, 4.69) is 24.5 Å². The van der Waals surface area contributed by atoms with Gasteiger partial charge in [0, 0.05) is 24.5 Å². The van der Waals surface area contributed by atoms with Crippen LogP contribution >= 0.6 is 0 Å². The molecule has 0 bridgehead atoms. The molecular weight excluding hydrogens is 252 g/mol. The molecule has 0 aromatic heterocycles. The largest absolute Gasteiger partial charge is 0.382 e. The van der Waals surface area contributed by atoms with Crippen molar-refractivity contribution in [2.75, 3.05) is 17.7 Å². The van der Waals surface area contributed by atoms with Crippen molar-refractivity contribution in [2.24, 2.45) is 5.41 Å². The lowest BCUT2D eigenvalue weighted by molar-refractivity contribution is -0.124. The Morgan fingerprint density at radius 2 is 1.95 bits per heavy atom.